The average Bonchev–Trinajstić information content (AvgIpc) is 2.99. The molecule has 0 saturated carbocycles. The highest BCUT2D eigenvalue weighted by Crippen LogP contribution is 2.27. The predicted molar refractivity (Wildman–Crippen MR) is 105 cm³/mol. The summed E-state index contributed by atoms with van der Waals surface area (Å²) in [6, 6.07) is 10.1. The molecule has 6 nitrogen and oxygen atoms in total. The summed E-state index contributed by atoms with van der Waals surface area (Å²) in [5.74, 6) is -1.06. The minimum atomic E-state index is -3.85. The van der Waals surface area contributed by atoms with Gasteiger partial charge in [-0.2, -0.15) is 0 Å². The summed E-state index contributed by atoms with van der Waals surface area (Å²) >= 11 is 11.7. The fourth-order valence-corrected chi connectivity index (χ4v) is 7.49. The van der Waals surface area contributed by atoms with E-state index in [1.54, 1.807) is 6.07 Å². The lowest BCUT2D eigenvalue weighted by Crippen LogP contribution is -2.23. The maximum absolute atomic E-state index is 12.7. The molecule has 1 saturated heterocycles. The lowest BCUT2D eigenvalue weighted by Gasteiger charge is -2.12. The number of hydrogen-bond acceptors (Lipinski definition) is 5. The van der Waals surface area contributed by atoms with E-state index < -0.39 is 36.6 Å². The molecule has 1 aliphatic rings. The molecule has 0 radical (unpaired) electrons. The summed E-state index contributed by atoms with van der Waals surface area (Å²) in [6.07, 6.45) is 0.0599. The standard InChI is InChI=1S/C17H15Cl2NO5S2/c18-15-5-4-12(9-16(15)19)20-17(21)11-2-1-3-13(8-11)27(24,25)14-6-7-26(22,23)10-14/h1-5,8-9,14H,6-7,10H2,(H,20,21)/t14-/m0/s1. The molecule has 0 aromatic heterocycles. The number of carbonyl (C=O) groups is 1. The van der Waals surface area contributed by atoms with Crippen LogP contribution in [0.1, 0.15) is 16.8 Å². The zero-order valence-electron chi connectivity index (χ0n) is 13.9. The lowest BCUT2D eigenvalue weighted by atomic mass is 10.2. The van der Waals surface area contributed by atoms with Crippen LogP contribution in [0.3, 0.4) is 0 Å². The smallest absolute Gasteiger partial charge is 0.255 e. The number of halogens is 2. The Morgan fingerprint density at radius 3 is 2.44 bits per heavy atom. The first-order chi connectivity index (χ1) is 12.6. The summed E-state index contributed by atoms with van der Waals surface area (Å²) in [4.78, 5) is 12.4. The molecule has 10 heteroatoms. The van der Waals surface area contributed by atoms with Crippen molar-refractivity contribution >= 4 is 54.5 Å². The summed E-state index contributed by atoms with van der Waals surface area (Å²) < 4.78 is 48.6. The van der Waals surface area contributed by atoms with Crippen molar-refractivity contribution in [3.05, 3.63) is 58.1 Å². The van der Waals surface area contributed by atoms with Crippen molar-refractivity contribution in [1.29, 1.82) is 0 Å². The van der Waals surface area contributed by atoms with Crippen molar-refractivity contribution in [3.63, 3.8) is 0 Å². The van der Waals surface area contributed by atoms with E-state index in [1.165, 1.54) is 36.4 Å². The van der Waals surface area contributed by atoms with E-state index >= 15 is 0 Å². The maximum atomic E-state index is 12.7. The summed E-state index contributed by atoms with van der Waals surface area (Å²) in [6.45, 7) is 0. The van der Waals surface area contributed by atoms with Crippen LogP contribution in [0.15, 0.2) is 47.4 Å². The molecular formula is C17H15Cl2NO5S2. The quantitative estimate of drug-likeness (QED) is 0.775. The highest BCUT2D eigenvalue weighted by atomic mass is 35.5. The fourth-order valence-electron chi connectivity index (χ4n) is 2.79. The molecule has 0 aliphatic carbocycles. The van der Waals surface area contributed by atoms with Gasteiger partial charge in [-0.25, -0.2) is 16.8 Å². The van der Waals surface area contributed by atoms with Gasteiger partial charge in [0.1, 0.15) is 0 Å². The van der Waals surface area contributed by atoms with Gasteiger partial charge in [0.25, 0.3) is 5.91 Å². The van der Waals surface area contributed by atoms with E-state index in [0.29, 0.717) is 10.7 Å². The minimum absolute atomic E-state index is 0.0599. The molecular weight excluding hydrogens is 433 g/mol. The Kier molecular flexibility index (Phi) is 5.54. The summed E-state index contributed by atoms with van der Waals surface area (Å²) in [5, 5.41) is 2.24. The van der Waals surface area contributed by atoms with Gasteiger partial charge in [0.2, 0.25) is 0 Å². The van der Waals surface area contributed by atoms with Crippen molar-refractivity contribution < 1.29 is 21.6 Å². The Morgan fingerprint density at radius 2 is 1.81 bits per heavy atom. The highest BCUT2D eigenvalue weighted by molar-refractivity contribution is 7.96. The van der Waals surface area contributed by atoms with Crippen molar-refractivity contribution in [2.24, 2.45) is 0 Å². The molecule has 2 aromatic carbocycles. The van der Waals surface area contributed by atoms with E-state index in [9.17, 15) is 21.6 Å². The Morgan fingerprint density at radius 1 is 1.07 bits per heavy atom. The lowest BCUT2D eigenvalue weighted by molar-refractivity contribution is 0.102. The molecule has 1 amide bonds. The van der Waals surface area contributed by atoms with Gasteiger partial charge in [0, 0.05) is 11.3 Å². The first-order valence-corrected chi connectivity index (χ1v) is 12.0. The fraction of sp³-hybridized carbons (Fsp3) is 0.235. The number of nitrogens with one attached hydrogen (secondary N) is 1. The monoisotopic (exact) mass is 447 g/mol. The van der Waals surface area contributed by atoms with Crippen molar-refractivity contribution in [1.82, 2.24) is 0 Å². The largest absolute Gasteiger partial charge is 0.322 e. The third-order valence-electron chi connectivity index (χ3n) is 4.23. The second-order valence-corrected chi connectivity index (χ2v) is 11.5. The molecule has 1 atom stereocenters. The number of rotatable bonds is 4. The second kappa shape index (κ2) is 7.43. The van der Waals surface area contributed by atoms with Gasteiger partial charge in [-0.05, 0) is 42.8 Å². The predicted octanol–water partition coefficient (Wildman–Crippen LogP) is 3.21. The average molecular weight is 448 g/mol. The van der Waals surface area contributed by atoms with Crippen LogP contribution in [-0.4, -0.2) is 39.5 Å². The van der Waals surface area contributed by atoms with Crippen LogP contribution in [0.4, 0.5) is 5.69 Å². The van der Waals surface area contributed by atoms with Crippen molar-refractivity contribution in [2.45, 2.75) is 16.6 Å². The van der Waals surface area contributed by atoms with Crippen LogP contribution in [0, 0.1) is 0 Å². The number of carbonyl (C=O) groups excluding carboxylic acids is 1. The molecule has 1 aliphatic heterocycles. The Labute approximate surface area is 167 Å². The SMILES string of the molecule is O=C(Nc1ccc(Cl)c(Cl)c1)c1cccc(S(=O)(=O)[C@H]2CCS(=O)(=O)C2)c1. The topological polar surface area (TPSA) is 97.4 Å². The van der Waals surface area contributed by atoms with E-state index in [0.717, 1.165) is 0 Å². The normalized spacial score (nSPS) is 19.0. The Hall–Kier alpha value is -1.61. The van der Waals surface area contributed by atoms with Gasteiger partial charge in [-0.15, -0.1) is 0 Å². The molecule has 144 valence electrons. The van der Waals surface area contributed by atoms with Gasteiger partial charge in [0.05, 0.1) is 31.7 Å². The van der Waals surface area contributed by atoms with Gasteiger partial charge >= 0.3 is 0 Å². The van der Waals surface area contributed by atoms with Gasteiger partial charge in [0.15, 0.2) is 19.7 Å². The zero-order valence-corrected chi connectivity index (χ0v) is 17.0. The molecule has 1 N–H and O–H groups in total. The summed E-state index contributed by atoms with van der Waals surface area (Å²) in [7, 11) is -7.19. The van der Waals surface area contributed by atoms with Crippen LogP contribution in [-0.2, 0) is 19.7 Å². The van der Waals surface area contributed by atoms with Crippen molar-refractivity contribution in [2.75, 3.05) is 16.8 Å². The molecule has 0 spiro atoms. The molecule has 27 heavy (non-hydrogen) atoms. The first-order valence-electron chi connectivity index (χ1n) is 7.89. The zero-order chi connectivity index (χ0) is 19.8. The van der Waals surface area contributed by atoms with Crippen LogP contribution >= 0.6 is 23.2 Å². The third kappa shape index (κ3) is 4.45. The third-order valence-corrected chi connectivity index (χ3v) is 9.14. The maximum Gasteiger partial charge on any atom is 0.255 e. The van der Waals surface area contributed by atoms with E-state index in [1.807, 2.05) is 0 Å². The number of amides is 1. The number of sulfone groups is 2. The van der Waals surface area contributed by atoms with Crippen LogP contribution in [0.5, 0.6) is 0 Å². The molecule has 1 heterocycles. The van der Waals surface area contributed by atoms with Crippen molar-refractivity contribution in [3.8, 4) is 0 Å². The number of benzene rings is 2. The molecule has 0 bridgehead atoms. The van der Waals surface area contributed by atoms with E-state index in [2.05, 4.69) is 5.32 Å². The highest BCUT2D eigenvalue weighted by Gasteiger charge is 2.38. The molecule has 3 rings (SSSR count). The molecule has 1 fully saturated rings. The van der Waals surface area contributed by atoms with Gasteiger partial charge in [-0.3, -0.25) is 4.79 Å². The Balaban J connectivity index is 1.84. The Bertz CT molecular complexity index is 1110. The summed E-state index contributed by atoms with van der Waals surface area (Å²) in [5.41, 5.74) is 0.535. The van der Waals surface area contributed by atoms with Crippen LogP contribution < -0.4 is 5.32 Å². The molecule has 2 aromatic rings. The van der Waals surface area contributed by atoms with Crippen LogP contribution in [0.2, 0.25) is 10.0 Å². The van der Waals surface area contributed by atoms with Gasteiger partial charge in [-0.1, -0.05) is 29.3 Å². The van der Waals surface area contributed by atoms with Crippen LogP contribution in [0.25, 0.3) is 0 Å². The number of hydrogen-bond donors (Lipinski definition) is 1. The molecule has 0 unspecified atom stereocenters. The first kappa shape index (κ1) is 20.1. The minimum Gasteiger partial charge on any atom is -0.322 e. The second-order valence-electron chi connectivity index (χ2n) is 6.18. The number of anilines is 1. The van der Waals surface area contributed by atoms with Gasteiger partial charge < -0.3 is 5.32 Å². The van der Waals surface area contributed by atoms with E-state index in [4.69, 9.17) is 23.2 Å². The van der Waals surface area contributed by atoms with E-state index in [-0.39, 0.29) is 27.7 Å².